The summed E-state index contributed by atoms with van der Waals surface area (Å²) in [5, 5.41) is 24.3. The minimum absolute atomic E-state index is 0.162. The van der Waals surface area contributed by atoms with Gasteiger partial charge in [-0.15, -0.1) is 0 Å². The van der Waals surface area contributed by atoms with Crippen LogP contribution in [-0.2, 0) is 6.54 Å². The lowest BCUT2D eigenvalue weighted by atomic mass is 10.2. The summed E-state index contributed by atoms with van der Waals surface area (Å²) in [7, 11) is 0. The number of anilines is 1. The van der Waals surface area contributed by atoms with Gasteiger partial charge in [0.25, 0.3) is 0 Å². The lowest BCUT2D eigenvalue weighted by Gasteiger charge is -2.04. The zero-order valence-electron chi connectivity index (χ0n) is 10.9. The van der Waals surface area contributed by atoms with Crippen molar-refractivity contribution < 1.29 is 0 Å². The number of benzene rings is 1. The molecule has 0 aliphatic rings. The average Bonchev–Trinajstić information content (AvgIpc) is 2.86. The van der Waals surface area contributed by atoms with Gasteiger partial charge in [0.15, 0.2) is 5.84 Å². The third-order valence-corrected chi connectivity index (χ3v) is 2.75. The lowest BCUT2D eigenvalue weighted by Crippen LogP contribution is -2.21. The molecule has 0 bridgehead atoms. The van der Waals surface area contributed by atoms with Gasteiger partial charge < -0.3 is 5.73 Å². The second-order valence-electron chi connectivity index (χ2n) is 4.15. The van der Waals surface area contributed by atoms with Gasteiger partial charge in [-0.1, -0.05) is 23.7 Å². The van der Waals surface area contributed by atoms with E-state index in [2.05, 4.69) is 15.6 Å². The van der Waals surface area contributed by atoms with Crippen molar-refractivity contribution in [2.75, 3.05) is 5.43 Å². The molecule has 4 N–H and O–H groups in total. The average molecular weight is 302 g/mol. The van der Waals surface area contributed by atoms with Gasteiger partial charge >= 0.3 is 0 Å². The van der Waals surface area contributed by atoms with Crippen LogP contribution in [0, 0.1) is 16.7 Å². The molecule has 0 atom stereocenters. The van der Waals surface area contributed by atoms with Crippen molar-refractivity contribution in [2.24, 2.45) is 10.8 Å². The zero-order valence-corrected chi connectivity index (χ0v) is 11.7. The molecule has 0 saturated heterocycles. The Morgan fingerprint density at radius 1 is 1.48 bits per heavy atom. The van der Waals surface area contributed by atoms with Crippen LogP contribution in [0.4, 0.5) is 5.69 Å². The molecule has 2 aromatic rings. The van der Waals surface area contributed by atoms with Gasteiger partial charge in [-0.05, 0) is 17.7 Å². The summed E-state index contributed by atoms with van der Waals surface area (Å²) < 4.78 is 1.73. The topological polar surface area (TPSA) is 116 Å². The molecule has 0 aliphatic carbocycles. The predicted molar refractivity (Wildman–Crippen MR) is 81.4 cm³/mol. The SMILES string of the molecule is N#C/C(=N\Nc1ccc(Cn2cc(Cl)cn2)cc1)C(=N)N. The molecular formula is C13H12ClN7. The molecule has 0 saturated carbocycles. The minimum atomic E-state index is -0.378. The van der Waals surface area contributed by atoms with Crippen LogP contribution < -0.4 is 11.2 Å². The van der Waals surface area contributed by atoms with Gasteiger partial charge in [0, 0.05) is 6.20 Å². The van der Waals surface area contributed by atoms with Crippen molar-refractivity contribution in [3.63, 3.8) is 0 Å². The molecule has 0 amide bonds. The summed E-state index contributed by atoms with van der Waals surface area (Å²) in [6.45, 7) is 0.604. The first-order valence-electron chi connectivity index (χ1n) is 5.93. The molecule has 0 unspecified atom stereocenters. The van der Waals surface area contributed by atoms with E-state index in [1.165, 1.54) is 0 Å². The van der Waals surface area contributed by atoms with Crippen LogP contribution in [0.3, 0.4) is 0 Å². The van der Waals surface area contributed by atoms with Gasteiger partial charge in [-0.2, -0.15) is 15.5 Å². The zero-order chi connectivity index (χ0) is 15.2. The van der Waals surface area contributed by atoms with E-state index in [1.54, 1.807) is 35.3 Å². The van der Waals surface area contributed by atoms with Crippen molar-refractivity contribution in [1.82, 2.24) is 9.78 Å². The number of hydrogen-bond acceptors (Lipinski definition) is 5. The Hall–Kier alpha value is -2.85. The molecule has 0 fully saturated rings. The number of nitrogens with one attached hydrogen (secondary N) is 2. The maximum Gasteiger partial charge on any atom is 0.201 e. The van der Waals surface area contributed by atoms with E-state index in [0.717, 1.165) is 5.56 Å². The Bertz CT molecular complexity index is 709. The van der Waals surface area contributed by atoms with E-state index in [9.17, 15) is 0 Å². The van der Waals surface area contributed by atoms with Gasteiger partial charge in [0.2, 0.25) is 5.71 Å². The Kier molecular flexibility index (Phi) is 4.53. The van der Waals surface area contributed by atoms with E-state index >= 15 is 0 Å². The van der Waals surface area contributed by atoms with Crippen molar-refractivity contribution in [3.05, 3.63) is 47.2 Å². The van der Waals surface area contributed by atoms with Crippen LogP contribution in [0.15, 0.2) is 41.8 Å². The second kappa shape index (κ2) is 6.54. The molecule has 21 heavy (non-hydrogen) atoms. The number of halogens is 1. The first kappa shape index (κ1) is 14.6. The van der Waals surface area contributed by atoms with Crippen LogP contribution in [0.2, 0.25) is 5.02 Å². The van der Waals surface area contributed by atoms with Gasteiger partial charge in [-0.25, -0.2) is 0 Å². The van der Waals surface area contributed by atoms with Crippen molar-refractivity contribution in [2.45, 2.75) is 6.54 Å². The minimum Gasteiger partial charge on any atom is -0.382 e. The number of nitriles is 1. The van der Waals surface area contributed by atoms with Gasteiger partial charge in [0.05, 0.1) is 23.5 Å². The number of nitrogens with zero attached hydrogens (tertiary/aromatic N) is 4. The molecule has 1 aromatic heterocycles. The summed E-state index contributed by atoms with van der Waals surface area (Å²) in [6, 6.07) is 9.13. The summed E-state index contributed by atoms with van der Waals surface area (Å²) in [5.74, 6) is -0.378. The van der Waals surface area contributed by atoms with E-state index in [1.807, 2.05) is 12.1 Å². The molecule has 1 aromatic carbocycles. The van der Waals surface area contributed by atoms with E-state index < -0.39 is 0 Å². The fraction of sp³-hybridized carbons (Fsp3) is 0.0769. The van der Waals surface area contributed by atoms with Crippen LogP contribution in [0.25, 0.3) is 0 Å². The number of hydrazone groups is 1. The van der Waals surface area contributed by atoms with Crippen LogP contribution in [-0.4, -0.2) is 21.3 Å². The molecule has 8 heteroatoms. The molecule has 106 valence electrons. The third kappa shape index (κ3) is 4.06. The van der Waals surface area contributed by atoms with Gasteiger partial charge in [-0.3, -0.25) is 15.5 Å². The molecule has 2 rings (SSSR count). The normalized spacial score (nSPS) is 11.0. The highest BCUT2D eigenvalue weighted by Gasteiger charge is 2.01. The smallest absolute Gasteiger partial charge is 0.201 e. The molecule has 0 aliphatic heterocycles. The Labute approximate surface area is 126 Å². The maximum absolute atomic E-state index is 8.72. The fourth-order valence-corrected chi connectivity index (χ4v) is 1.72. The standard InChI is InChI=1S/C13H12ClN7/c14-10-6-18-21(8-10)7-9-1-3-11(4-2-9)19-20-12(5-15)13(16)17/h1-4,6,8,19H,7H2,(H3,16,17)/b20-12+. The monoisotopic (exact) mass is 301 g/mol. The second-order valence-corrected chi connectivity index (χ2v) is 4.59. The van der Waals surface area contributed by atoms with E-state index in [0.29, 0.717) is 17.3 Å². The van der Waals surface area contributed by atoms with Crippen molar-refractivity contribution >= 4 is 28.8 Å². The maximum atomic E-state index is 8.72. The Morgan fingerprint density at radius 3 is 2.71 bits per heavy atom. The van der Waals surface area contributed by atoms with Crippen molar-refractivity contribution in [1.29, 1.82) is 10.7 Å². The van der Waals surface area contributed by atoms with Gasteiger partial charge in [0.1, 0.15) is 6.07 Å². The van der Waals surface area contributed by atoms with Crippen LogP contribution in [0.5, 0.6) is 0 Å². The third-order valence-electron chi connectivity index (χ3n) is 2.56. The summed E-state index contributed by atoms with van der Waals surface area (Å²) in [5.41, 5.74) is 9.43. The highest BCUT2D eigenvalue weighted by atomic mass is 35.5. The molecule has 0 spiro atoms. The quantitative estimate of drug-likeness (QED) is 0.443. The summed E-state index contributed by atoms with van der Waals surface area (Å²) in [4.78, 5) is 0. The number of rotatable bonds is 5. The van der Waals surface area contributed by atoms with Crippen LogP contribution >= 0.6 is 11.6 Å². The number of aromatic nitrogens is 2. The van der Waals surface area contributed by atoms with E-state index in [-0.39, 0.29) is 11.5 Å². The molecule has 7 nitrogen and oxygen atoms in total. The molecular weight excluding hydrogens is 290 g/mol. The van der Waals surface area contributed by atoms with Crippen molar-refractivity contribution in [3.8, 4) is 6.07 Å². The summed E-state index contributed by atoms with van der Waals surface area (Å²) in [6.07, 6.45) is 3.32. The Morgan fingerprint density at radius 2 is 2.19 bits per heavy atom. The number of hydrogen-bond donors (Lipinski definition) is 3. The first-order valence-corrected chi connectivity index (χ1v) is 6.31. The largest absolute Gasteiger partial charge is 0.382 e. The first-order chi connectivity index (χ1) is 10.1. The summed E-state index contributed by atoms with van der Waals surface area (Å²) >= 11 is 5.80. The number of amidine groups is 1. The van der Waals surface area contributed by atoms with E-state index in [4.69, 9.17) is 28.0 Å². The highest BCUT2D eigenvalue weighted by molar-refractivity contribution is 6.45. The fourth-order valence-electron chi connectivity index (χ4n) is 1.56. The lowest BCUT2D eigenvalue weighted by molar-refractivity contribution is 0.687. The highest BCUT2D eigenvalue weighted by Crippen LogP contribution is 2.12. The predicted octanol–water partition coefficient (Wildman–Crippen LogP) is 1.81. The van der Waals surface area contributed by atoms with Crippen LogP contribution in [0.1, 0.15) is 5.56 Å². The Balaban J connectivity index is 2.02. The molecule has 0 radical (unpaired) electrons. The molecule has 1 heterocycles. The number of nitrogens with two attached hydrogens (primary N) is 1.